The van der Waals surface area contributed by atoms with Crippen LogP contribution in [-0.2, 0) is 19.6 Å². The van der Waals surface area contributed by atoms with Gasteiger partial charge in [-0.1, -0.05) is 25.1 Å². The van der Waals surface area contributed by atoms with Crippen LogP contribution < -0.4 is 21.5 Å². The van der Waals surface area contributed by atoms with Crippen LogP contribution >= 0.6 is 11.3 Å². The first-order valence-corrected chi connectivity index (χ1v) is 14.8. The van der Waals surface area contributed by atoms with Crippen LogP contribution in [0.15, 0.2) is 57.3 Å². The van der Waals surface area contributed by atoms with E-state index in [4.69, 9.17) is 11.5 Å². The summed E-state index contributed by atoms with van der Waals surface area (Å²) in [4.78, 5) is 31.6. The first kappa shape index (κ1) is 30.2. The molecule has 1 aliphatic heterocycles. The van der Waals surface area contributed by atoms with E-state index in [0.29, 0.717) is 5.56 Å². The van der Waals surface area contributed by atoms with Crippen molar-refractivity contribution in [3.05, 3.63) is 47.4 Å². The van der Waals surface area contributed by atoms with Gasteiger partial charge in [-0.2, -0.15) is 13.5 Å². The Balaban J connectivity index is 1.94. The topological polar surface area (TPSA) is 160 Å². The number of para-hydroxylation sites is 1. The van der Waals surface area contributed by atoms with Gasteiger partial charge < -0.3 is 21.7 Å². The maximum atomic E-state index is 13.7. The summed E-state index contributed by atoms with van der Waals surface area (Å²) < 4.78 is 55.9. The van der Waals surface area contributed by atoms with Crippen LogP contribution in [0.2, 0.25) is 0 Å². The summed E-state index contributed by atoms with van der Waals surface area (Å²) >= 11 is 1.38. The molecule has 0 unspecified atom stereocenters. The highest BCUT2D eigenvalue weighted by molar-refractivity contribution is 7.89. The van der Waals surface area contributed by atoms with E-state index in [0.717, 1.165) is 4.88 Å². The molecule has 0 bridgehead atoms. The number of anilines is 1. The van der Waals surface area contributed by atoms with Gasteiger partial charge in [0.1, 0.15) is 10.9 Å². The molecule has 3 rings (SSSR count). The van der Waals surface area contributed by atoms with Gasteiger partial charge in [0.15, 0.2) is 5.96 Å². The molecule has 2 aromatic rings. The predicted molar refractivity (Wildman–Crippen MR) is 148 cm³/mol. The fraction of sp³-hybridized carbons (Fsp3) is 0.400. The molecule has 1 saturated heterocycles. The number of hydrogen-bond acceptors (Lipinski definition) is 6. The molecule has 2 heterocycles. The minimum atomic E-state index is -4.34. The number of aliphatic imine (C=N–C) groups is 1. The van der Waals surface area contributed by atoms with Crippen molar-refractivity contribution >= 4 is 44.8 Å². The minimum Gasteiger partial charge on any atom is -0.370 e. The Morgan fingerprint density at radius 1 is 1.15 bits per heavy atom. The van der Waals surface area contributed by atoms with Crippen LogP contribution in [0.4, 0.5) is 14.5 Å². The van der Waals surface area contributed by atoms with Crippen LogP contribution in [0.3, 0.4) is 0 Å². The molecule has 1 fully saturated rings. The second-order valence-corrected chi connectivity index (χ2v) is 11.5. The molecule has 1 aromatic heterocycles. The highest BCUT2D eigenvalue weighted by atomic mass is 32.2. The van der Waals surface area contributed by atoms with Gasteiger partial charge in [-0.05, 0) is 48.8 Å². The molecule has 6 N–H and O–H groups in total. The first-order valence-electron chi connectivity index (χ1n) is 12.4. The number of carbonyl (C=O) groups is 2. The standard InChI is InChI=1S/C25H32F2N6O4S2/c1-2-21(34)31-22-17(19-8-5-15-38-19)6-3-9-20(22)39(36,37)32-18(7-4-12-30-25(28)29)24(35)33-13-10-16(11-14-33)23(26)27/h3,5-6,8-9,15,18,32H,2,4,7,10-14H2,1H3,(H,31,34)(H4,28,29,30)/t18-/m0/s1. The lowest BCUT2D eigenvalue weighted by atomic mass is 10.0. The summed E-state index contributed by atoms with van der Waals surface area (Å²) in [6, 6.07) is 7.03. The zero-order chi connectivity index (χ0) is 28.6. The third kappa shape index (κ3) is 8.07. The number of halogens is 2. The molecule has 14 heteroatoms. The Hall–Kier alpha value is -3.36. The van der Waals surface area contributed by atoms with E-state index >= 15 is 0 Å². The third-order valence-corrected chi connectivity index (χ3v) is 8.59. The molecule has 0 saturated carbocycles. The molecule has 0 radical (unpaired) electrons. The smallest absolute Gasteiger partial charge is 0.269 e. The average molecular weight is 583 g/mol. The molecule has 0 spiro atoms. The van der Waals surface area contributed by atoms with Crippen molar-refractivity contribution in [1.29, 1.82) is 0 Å². The second kappa shape index (κ2) is 13.6. The van der Waals surface area contributed by atoms with E-state index in [2.05, 4.69) is 15.0 Å². The van der Waals surface area contributed by atoms with Gasteiger partial charge in [-0.25, -0.2) is 8.42 Å². The number of benzene rings is 1. The van der Waals surface area contributed by atoms with Gasteiger partial charge in [0.2, 0.25) is 21.8 Å². The molecule has 10 nitrogen and oxygen atoms in total. The van der Waals surface area contributed by atoms with Crippen molar-refractivity contribution in [3.8, 4) is 10.4 Å². The molecule has 0 aliphatic carbocycles. The molecular weight excluding hydrogens is 550 g/mol. The fourth-order valence-corrected chi connectivity index (χ4v) is 6.31. The summed E-state index contributed by atoms with van der Waals surface area (Å²) in [7, 11) is -4.34. The van der Waals surface area contributed by atoms with Gasteiger partial charge in [0, 0.05) is 36.5 Å². The van der Waals surface area contributed by atoms with Gasteiger partial charge >= 0.3 is 0 Å². The second-order valence-electron chi connectivity index (χ2n) is 8.87. The SMILES string of the molecule is CCC(=O)Nc1c(-c2cccs2)cccc1S(=O)(=O)N[C@@H](CCCN=C(N)N)C(=O)N1CCC(=C(F)F)CC1. The molecule has 1 aromatic carbocycles. The number of rotatable bonds is 11. The van der Waals surface area contributed by atoms with Crippen molar-refractivity contribution in [2.24, 2.45) is 16.5 Å². The Morgan fingerprint density at radius 2 is 1.87 bits per heavy atom. The summed E-state index contributed by atoms with van der Waals surface area (Å²) in [5, 5.41) is 4.53. The highest BCUT2D eigenvalue weighted by Gasteiger charge is 2.32. The largest absolute Gasteiger partial charge is 0.370 e. The van der Waals surface area contributed by atoms with Gasteiger partial charge in [0.25, 0.3) is 6.08 Å². The van der Waals surface area contributed by atoms with Crippen LogP contribution in [0.1, 0.15) is 39.0 Å². The summed E-state index contributed by atoms with van der Waals surface area (Å²) in [6.07, 6.45) is -1.25. The number of sulfonamides is 1. The van der Waals surface area contributed by atoms with E-state index in [1.54, 1.807) is 25.1 Å². The van der Waals surface area contributed by atoms with E-state index in [1.807, 2.05) is 11.4 Å². The van der Waals surface area contributed by atoms with Crippen molar-refractivity contribution in [3.63, 3.8) is 0 Å². The molecular formula is C25H32F2N6O4S2. The lowest BCUT2D eigenvalue weighted by molar-refractivity contribution is -0.133. The molecule has 1 atom stereocenters. The number of piperidine rings is 1. The third-order valence-electron chi connectivity index (χ3n) is 6.17. The Morgan fingerprint density at radius 3 is 2.46 bits per heavy atom. The Kier molecular flexibility index (Phi) is 10.5. The predicted octanol–water partition coefficient (Wildman–Crippen LogP) is 3.24. The molecule has 2 amide bonds. The Labute approximate surface area is 230 Å². The monoisotopic (exact) mass is 582 g/mol. The lowest BCUT2D eigenvalue weighted by Crippen LogP contribution is -2.50. The van der Waals surface area contributed by atoms with Crippen molar-refractivity contribution in [2.45, 2.75) is 50.0 Å². The number of nitrogens with two attached hydrogens (primary N) is 2. The van der Waals surface area contributed by atoms with Crippen molar-refractivity contribution < 1.29 is 26.8 Å². The number of carbonyl (C=O) groups excluding carboxylic acids is 2. The lowest BCUT2D eigenvalue weighted by Gasteiger charge is -2.31. The first-order chi connectivity index (χ1) is 18.5. The Bertz CT molecular complexity index is 1330. The van der Waals surface area contributed by atoms with E-state index < -0.39 is 28.1 Å². The van der Waals surface area contributed by atoms with Crippen LogP contribution in [0, 0.1) is 0 Å². The number of nitrogens with one attached hydrogen (secondary N) is 2. The number of amides is 2. The quantitative estimate of drug-likeness (QED) is 0.181. The fourth-order valence-electron chi connectivity index (χ4n) is 4.14. The number of likely N-dealkylation sites (tertiary alicyclic amines) is 1. The van der Waals surface area contributed by atoms with E-state index in [9.17, 15) is 26.8 Å². The van der Waals surface area contributed by atoms with Crippen molar-refractivity contribution in [1.82, 2.24) is 9.62 Å². The normalized spacial score (nSPS) is 14.5. The number of nitrogens with zero attached hydrogens (tertiary/aromatic N) is 2. The highest BCUT2D eigenvalue weighted by Crippen LogP contribution is 2.36. The zero-order valence-electron chi connectivity index (χ0n) is 21.5. The van der Waals surface area contributed by atoms with E-state index in [-0.39, 0.29) is 79.8 Å². The number of thiophene rings is 1. The summed E-state index contributed by atoms with van der Waals surface area (Å²) in [5.41, 5.74) is 11.4. The van der Waals surface area contributed by atoms with Crippen molar-refractivity contribution in [2.75, 3.05) is 25.0 Å². The summed E-state index contributed by atoms with van der Waals surface area (Å²) in [5.74, 6) is -1.04. The van der Waals surface area contributed by atoms with Gasteiger partial charge in [-0.3, -0.25) is 14.6 Å². The molecule has 39 heavy (non-hydrogen) atoms. The van der Waals surface area contributed by atoms with Crippen LogP contribution in [0.25, 0.3) is 10.4 Å². The zero-order valence-corrected chi connectivity index (χ0v) is 23.1. The molecule has 212 valence electrons. The number of guanidine groups is 1. The van der Waals surface area contributed by atoms with E-state index in [1.165, 1.54) is 22.3 Å². The van der Waals surface area contributed by atoms with Gasteiger partial charge in [-0.15, -0.1) is 11.3 Å². The number of hydrogen-bond donors (Lipinski definition) is 4. The average Bonchev–Trinajstić information content (AvgIpc) is 3.44. The van der Waals surface area contributed by atoms with Gasteiger partial charge in [0.05, 0.1) is 5.69 Å². The summed E-state index contributed by atoms with van der Waals surface area (Å²) in [6.45, 7) is 1.90. The maximum absolute atomic E-state index is 13.7. The van der Waals surface area contributed by atoms with Crippen LogP contribution in [-0.4, -0.2) is 56.8 Å². The molecule has 1 aliphatic rings. The minimum absolute atomic E-state index is 0.00867. The maximum Gasteiger partial charge on any atom is 0.269 e. The van der Waals surface area contributed by atoms with Crippen LogP contribution in [0.5, 0.6) is 0 Å².